The lowest BCUT2D eigenvalue weighted by Crippen LogP contribution is -2.62. The zero-order valence-electron chi connectivity index (χ0n) is 19.1. The molecule has 0 saturated carbocycles. The highest BCUT2D eigenvalue weighted by Gasteiger charge is 2.46. The molecule has 33 heavy (non-hydrogen) atoms. The second-order valence-corrected chi connectivity index (χ2v) is 8.64. The number of aromatic nitrogens is 1. The quantitative estimate of drug-likeness (QED) is 0.587. The Morgan fingerprint density at radius 3 is 2.48 bits per heavy atom. The third kappa shape index (κ3) is 5.29. The summed E-state index contributed by atoms with van der Waals surface area (Å²) in [4.78, 5) is 33.8. The number of likely N-dealkylation sites (N-methyl/N-ethyl adjacent to an activating group) is 1. The van der Waals surface area contributed by atoms with Crippen molar-refractivity contribution in [2.75, 3.05) is 33.8 Å². The molecule has 170 valence electrons. The van der Waals surface area contributed by atoms with E-state index >= 15 is 0 Å². The van der Waals surface area contributed by atoms with Gasteiger partial charge in [0, 0.05) is 39.5 Å². The van der Waals surface area contributed by atoms with Gasteiger partial charge in [0.15, 0.2) is 5.60 Å². The van der Waals surface area contributed by atoms with Crippen molar-refractivity contribution < 1.29 is 14.3 Å². The van der Waals surface area contributed by atoms with Gasteiger partial charge in [0.05, 0.1) is 19.6 Å². The first-order valence-corrected chi connectivity index (χ1v) is 11.1. The molecule has 0 N–H and O–H groups in total. The predicted octanol–water partition coefficient (Wildman–Crippen LogP) is 3.22. The van der Waals surface area contributed by atoms with Gasteiger partial charge >= 0.3 is 0 Å². The van der Waals surface area contributed by atoms with Crippen molar-refractivity contribution in [2.24, 2.45) is 0 Å². The van der Waals surface area contributed by atoms with Gasteiger partial charge in [-0.25, -0.2) is 0 Å². The minimum absolute atomic E-state index is 0.0275. The summed E-state index contributed by atoms with van der Waals surface area (Å²) >= 11 is 0. The lowest BCUT2D eigenvalue weighted by Gasteiger charge is -2.43. The molecule has 6 heteroatoms. The Labute approximate surface area is 194 Å². The molecule has 0 bridgehead atoms. The molecule has 6 nitrogen and oxygen atoms in total. The van der Waals surface area contributed by atoms with Crippen LogP contribution in [-0.4, -0.2) is 66.0 Å². The number of hydrogen-bond donors (Lipinski definition) is 0. The summed E-state index contributed by atoms with van der Waals surface area (Å²) in [5, 5.41) is 0. The number of rotatable bonds is 6. The average molecular weight is 444 g/mol. The van der Waals surface area contributed by atoms with Gasteiger partial charge in [-0.1, -0.05) is 60.7 Å². The largest absolute Gasteiger partial charge is 0.361 e. The van der Waals surface area contributed by atoms with E-state index in [1.807, 2.05) is 42.5 Å². The fourth-order valence-electron chi connectivity index (χ4n) is 4.33. The minimum atomic E-state index is -1.12. The Bertz CT molecular complexity index is 1100. The van der Waals surface area contributed by atoms with Gasteiger partial charge in [0.25, 0.3) is 5.91 Å². The van der Waals surface area contributed by atoms with E-state index in [9.17, 15) is 9.59 Å². The van der Waals surface area contributed by atoms with Crippen LogP contribution in [0.3, 0.4) is 0 Å². The van der Waals surface area contributed by atoms with Gasteiger partial charge in [-0.15, -0.1) is 0 Å². The smallest absolute Gasteiger partial charge is 0.256 e. The molecule has 3 aromatic rings. The third-order valence-electron chi connectivity index (χ3n) is 5.94. The van der Waals surface area contributed by atoms with Crippen LogP contribution < -0.4 is 0 Å². The van der Waals surface area contributed by atoms with Crippen molar-refractivity contribution in [3.63, 3.8) is 0 Å². The standard InChI is InChI=1S/C27H29N3O3/c1-29(2)26(32)27(18-21-8-6-12-24(16-21)23-10-4-3-5-11-23)20-30(14-15-33-27)25(31)17-22-9-7-13-28-19-22/h3-13,16,19H,14-15,17-18,20H2,1-2H3/t27-/m1/s1. The van der Waals surface area contributed by atoms with E-state index in [1.54, 1.807) is 36.3 Å². The van der Waals surface area contributed by atoms with Crippen molar-refractivity contribution in [1.29, 1.82) is 0 Å². The topological polar surface area (TPSA) is 62.7 Å². The van der Waals surface area contributed by atoms with Crippen LogP contribution in [0.2, 0.25) is 0 Å². The lowest BCUT2D eigenvalue weighted by molar-refractivity contribution is -0.172. The zero-order chi connectivity index (χ0) is 23.3. The maximum Gasteiger partial charge on any atom is 0.256 e. The van der Waals surface area contributed by atoms with E-state index in [4.69, 9.17) is 4.74 Å². The number of carbonyl (C=O) groups excluding carboxylic acids is 2. The van der Waals surface area contributed by atoms with E-state index < -0.39 is 5.60 Å². The van der Waals surface area contributed by atoms with Gasteiger partial charge in [0.1, 0.15) is 0 Å². The van der Waals surface area contributed by atoms with E-state index in [1.165, 1.54) is 0 Å². The first-order valence-electron chi connectivity index (χ1n) is 11.1. The van der Waals surface area contributed by atoms with Crippen LogP contribution in [0.25, 0.3) is 11.1 Å². The monoisotopic (exact) mass is 443 g/mol. The molecule has 1 aromatic heterocycles. The summed E-state index contributed by atoms with van der Waals surface area (Å²) in [7, 11) is 3.45. The molecule has 1 saturated heterocycles. The predicted molar refractivity (Wildman–Crippen MR) is 127 cm³/mol. The maximum absolute atomic E-state index is 13.4. The molecule has 1 aliphatic rings. The summed E-state index contributed by atoms with van der Waals surface area (Å²) in [6.45, 7) is 1.00. The third-order valence-corrected chi connectivity index (χ3v) is 5.94. The lowest BCUT2D eigenvalue weighted by atomic mass is 9.89. The van der Waals surface area contributed by atoms with Crippen molar-refractivity contribution in [3.05, 3.63) is 90.3 Å². The van der Waals surface area contributed by atoms with Gasteiger partial charge in [-0.3, -0.25) is 14.6 Å². The molecular weight excluding hydrogens is 414 g/mol. The van der Waals surface area contributed by atoms with Gasteiger partial charge in [0.2, 0.25) is 5.91 Å². The molecule has 0 unspecified atom stereocenters. The minimum Gasteiger partial charge on any atom is -0.361 e. The summed E-state index contributed by atoms with van der Waals surface area (Å²) in [5.74, 6) is -0.160. The molecule has 1 atom stereocenters. The Hall–Kier alpha value is -3.51. The highest BCUT2D eigenvalue weighted by Crippen LogP contribution is 2.28. The molecule has 2 heterocycles. The van der Waals surface area contributed by atoms with Crippen LogP contribution in [0.4, 0.5) is 0 Å². The van der Waals surface area contributed by atoms with Crippen LogP contribution in [-0.2, 0) is 27.2 Å². The zero-order valence-corrected chi connectivity index (χ0v) is 19.1. The molecule has 2 aromatic carbocycles. The fourth-order valence-corrected chi connectivity index (χ4v) is 4.33. The molecule has 4 rings (SSSR count). The first-order chi connectivity index (χ1) is 16.0. The average Bonchev–Trinajstić information content (AvgIpc) is 2.85. The molecule has 0 radical (unpaired) electrons. The highest BCUT2D eigenvalue weighted by atomic mass is 16.5. The van der Waals surface area contributed by atoms with Gasteiger partial charge in [-0.2, -0.15) is 0 Å². The SMILES string of the molecule is CN(C)C(=O)[C@@]1(Cc2cccc(-c3ccccc3)c2)CN(C(=O)Cc2cccnc2)CCO1. The van der Waals surface area contributed by atoms with E-state index in [0.29, 0.717) is 19.6 Å². The van der Waals surface area contributed by atoms with Crippen LogP contribution in [0.5, 0.6) is 0 Å². The summed E-state index contributed by atoms with van der Waals surface area (Å²) in [6.07, 6.45) is 4.03. The van der Waals surface area contributed by atoms with E-state index in [2.05, 4.69) is 29.2 Å². The van der Waals surface area contributed by atoms with Crippen molar-refractivity contribution in [2.45, 2.75) is 18.4 Å². The molecule has 0 aliphatic carbocycles. The maximum atomic E-state index is 13.4. The molecule has 1 fully saturated rings. The summed E-state index contributed by atoms with van der Waals surface area (Å²) < 4.78 is 6.17. The number of amides is 2. The number of nitrogens with zero attached hydrogens (tertiary/aromatic N) is 3. The van der Waals surface area contributed by atoms with Crippen LogP contribution >= 0.6 is 0 Å². The van der Waals surface area contributed by atoms with E-state index in [0.717, 1.165) is 22.3 Å². The highest BCUT2D eigenvalue weighted by molar-refractivity contribution is 5.87. The second kappa shape index (κ2) is 9.96. The Morgan fingerprint density at radius 2 is 1.76 bits per heavy atom. The Kier molecular flexibility index (Phi) is 6.84. The van der Waals surface area contributed by atoms with E-state index in [-0.39, 0.29) is 24.8 Å². The van der Waals surface area contributed by atoms with Crippen LogP contribution in [0, 0.1) is 0 Å². The van der Waals surface area contributed by atoms with Crippen molar-refractivity contribution in [3.8, 4) is 11.1 Å². The summed E-state index contributed by atoms with van der Waals surface area (Å²) in [5.41, 5.74) is 2.93. The van der Waals surface area contributed by atoms with Crippen molar-refractivity contribution >= 4 is 11.8 Å². The van der Waals surface area contributed by atoms with Crippen LogP contribution in [0.15, 0.2) is 79.1 Å². The van der Waals surface area contributed by atoms with Gasteiger partial charge < -0.3 is 14.5 Å². The number of morpholine rings is 1. The number of benzene rings is 2. The Morgan fingerprint density at radius 1 is 1.00 bits per heavy atom. The van der Waals surface area contributed by atoms with Crippen molar-refractivity contribution in [1.82, 2.24) is 14.8 Å². The normalized spacial score (nSPS) is 18.1. The Balaban J connectivity index is 1.59. The fraction of sp³-hybridized carbons (Fsp3) is 0.296. The number of carbonyl (C=O) groups is 2. The number of hydrogen-bond acceptors (Lipinski definition) is 4. The molecular formula is C27H29N3O3. The number of pyridine rings is 1. The molecule has 2 amide bonds. The van der Waals surface area contributed by atoms with Crippen LogP contribution in [0.1, 0.15) is 11.1 Å². The molecule has 0 spiro atoms. The number of ether oxygens (including phenoxy) is 1. The molecule has 1 aliphatic heterocycles. The summed E-state index contributed by atoms with van der Waals surface area (Å²) in [6, 6.07) is 22.0. The first kappa shape index (κ1) is 22.7. The second-order valence-electron chi connectivity index (χ2n) is 8.64. The van der Waals surface area contributed by atoms with Gasteiger partial charge in [-0.05, 0) is 28.3 Å².